The third kappa shape index (κ3) is 2.34. The summed E-state index contributed by atoms with van der Waals surface area (Å²) in [5.41, 5.74) is 0.832. The standard InChI is InChI=1S/C7H7Cl2NO/c8-6-2-1-5(4-11-10)7(9)3-6/h1-3H,4,10H2. The summed E-state index contributed by atoms with van der Waals surface area (Å²) in [6, 6.07) is 5.16. The van der Waals surface area contributed by atoms with Crippen molar-refractivity contribution in [2.24, 2.45) is 5.90 Å². The molecule has 1 aromatic carbocycles. The lowest BCUT2D eigenvalue weighted by Crippen LogP contribution is -1.99. The first-order valence-corrected chi connectivity index (χ1v) is 3.75. The summed E-state index contributed by atoms with van der Waals surface area (Å²) in [5, 5.41) is 1.18. The molecule has 0 saturated heterocycles. The second kappa shape index (κ2) is 3.93. The molecule has 0 amide bonds. The van der Waals surface area contributed by atoms with Gasteiger partial charge in [0.2, 0.25) is 0 Å². The third-order valence-corrected chi connectivity index (χ3v) is 1.84. The number of halogens is 2. The largest absolute Gasteiger partial charge is 0.300 e. The van der Waals surface area contributed by atoms with Crippen LogP contribution in [0.5, 0.6) is 0 Å². The van der Waals surface area contributed by atoms with Gasteiger partial charge in [0.15, 0.2) is 0 Å². The Balaban J connectivity index is 2.90. The summed E-state index contributed by atoms with van der Waals surface area (Å²) < 4.78 is 0. The van der Waals surface area contributed by atoms with E-state index < -0.39 is 0 Å². The Morgan fingerprint density at radius 1 is 1.36 bits per heavy atom. The van der Waals surface area contributed by atoms with E-state index in [2.05, 4.69) is 4.84 Å². The third-order valence-electron chi connectivity index (χ3n) is 1.25. The van der Waals surface area contributed by atoms with Crippen LogP contribution in [0.3, 0.4) is 0 Å². The van der Waals surface area contributed by atoms with Crippen molar-refractivity contribution in [2.75, 3.05) is 0 Å². The van der Waals surface area contributed by atoms with E-state index in [4.69, 9.17) is 29.1 Å². The zero-order valence-electron chi connectivity index (χ0n) is 5.68. The molecule has 0 atom stereocenters. The minimum Gasteiger partial charge on any atom is -0.300 e. The van der Waals surface area contributed by atoms with Gasteiger partial charge in [0.25, 0.3) is 0 Å². The first-order chi connectivity index (χ1) is 5.24. The van der Waals surface area contributed by atoms with Crippen LogP contribution in [0.1, 0.15) is 5.56 Å². The van der Waals surface area contributed by atoms with Gasteiger partial charge >= 0.3 is 0 Å². The first kappa shape index (κ1) is 8.81. The highest BCUT2D eigenvalue weighted by molar-refractivity contribution is 6.35. The molecule has 0 spiro atoms. The molecule has 1 aromatic rings. The first-order valence-electron chi connectivity index (χ1n) is 2.99. The van der Waals surface area contributed by atoms with E-state index >= 15 is 0 Å². The van der Waals surface area contributed by atoms with E-state index in [1.807, 2.05) is 0 Å². The Hall–Kier alpha value is -0.280. The molecule has 0 aliphatic carbocycles. The molecule has 1 rings (SSSR count). The van der Waals surface area contributed by atoms with Gasteiger partial charge in [-0.25, -0.2) is 5.90 Å². The smallest absolute Gasteiger partial charge is 0.0944 e. The van der Waals surface area contributed by atoms with Gasteiger partial charge in [0, 0.05) is 10.0 Å². The molecule has 0 bridgehead atoms. The van der Waals surface area contributed by atoms with E-state index in [-0.39, 0.29) is 0 Å². The Morgan fingerprint density at radius 2 is 2.09 bits per heavy atom. The van der Waals surface area contributed by atoms with Crippen molar-refractivity contribution >= 4 is 23.2 Å². The Bertz CT molecular complexity index is 252. The number of rotatable bonds is 2. The number of hydrogen-bond donors (Lipinski definition) is 1. The van der Waals surface area contributed by atoms with Crippen LogP contribution in [0.2, 0.25) is 10.0 Å². The molecule has 0 aromatic heterocycles. The van der Waals surface area contributed by atoms with Crippen LogP contribution in [0, 0.1) is 0 Å². The Labute approximate surface area is 74.8 Å². The highest BCUT2D eigenvalue weighted by atomic mass is 35.5. The van der Waals surface area contributed by atoms with Gasteiger partial charge in [0.05, 0.1) is 6.61 Å². The molecule has 2 N–H and O–H groups in total. The zero-order valence-corrected chi connectivity index (χ0v) is 7.19. The van der Waals surface area contributed by atoms with Crippen molar-refractivity contribution in [3.8, 4) is 0 Å². The lowest BCUT2D eigenvalue weighted by atomic mass is 10.2. The van der Waals surface area contributed by atoms with Crippen LogP contribution < -0.4 is 5.90 Å². The van der Waals surface area contributed by atoms with Crippen LogP contribution >= 0.6 is 23.2 Å². The summed E-state index contributed by atoms with van der Waals surface area (Å²) in [7, 11) is 0. The minimum absolute atomic E-state index is 0.302. The van der Waals surface area contributed by atoms with Gasteiger partial charge in [-0.2, -0.15) is 0 Å². The van der Waals surface area contributed by atoms with E-state index in [1.165, 1.54) is 0 Å². The molecule has 0 saturated carbocycles. The van der Waals surface area contributed by atoms with Crippen molar-refractivity contribution in [3.63, 3.8) is 0 Å². The van der Waals surface area contributed by atoms with Crippen molar-refractivity contribution in [2.45, 2.75) is 6.61 Å². The van der Waals surface area contributed by atoms with E-state index in [9.17, 15) is 0 Å². The summed E-state index contributed by atoms with van der Waals surface area (Å²) in [4.78, 5) is 4.42. The maximum atomic E-state index is 5.79. The second-order valence-corrected chi connectivity index (χ2v) is 2.89. The molecule has 0 aliphatic heterocycles. The molecule has 0 aliphatic rings. The highest BCUT2D eigenvalue weighted by Crippen LogP contribution is 2.20. The van der Waals surface area contributed by atoms with Gasteiger partial charge in [0.1, 0.15) is 0 Å². The van der Waals surface area contributed by atoms with E-state index in [0.717, 1.165) is 5.56 Å². The molecule has 0 fully saturated rings. The van der Waals surface area contributed by atoms with Gasteiger partial charge in [-0.15, -0.1) is 0 Å². The predicted molar refractivity (Wildman–Crippen MR) is 45.4 cm³/mol. The topological polar surface area (TPSA) is 35.2 Å². The lowest BCUT2D eigenvalue weighted by Gasteiger charge is -2.01. The molecule has 2 nitrogen and oxygen atoms in total. The van der Waals surface area contributed by atoms with Gasteiger partial charge in [-0.05, 0) is 17.7 Å². The quantitative estimate of drug-likeness (QED) is 0.730. The van der Waals surface area contributed by atoms with Crippen LogP contribution in [0.15, 0.2) is 18.2 Å². The number of hydrogen-bond acceptors (Lipinski definition) is 2. The van der Waals surface area contributed by atoms with Gasteiger partial charge in [-0.1, -0.05) is 29.3 Å². The number of nitrogens with two attached hydrogens (primary N) is 1. The van der Waals surface area contributed by atoms with Crippen LogP contribution in [0.4, 0.5) is 0 Å². The maximum absolute atomic E-state index is 5.79. The molecule has 0 unspecified atom stereocenters. The fraction of sp³-hybridized carbons (Fsp3) is 0.143. The predicted octanol–water partition coefficient (Wildman–Crippen LogP) is 2.38. The molecule has 0 radical (unpaired) electrons. The number of benzene rings is 1. The van der Waals surface area contributed by atoms with Crippen molar-refractivity contribution in [1.82, 2.24) is 0 Å². The van der Waals surface area contributed by atoms with Gasteiger partial charge in [-0.3, -0.25) is 4.84 Å². The SMILES string of the molecule is NOCc1ccc(Cl)cc1Cl. The summed E-state index contributed by atoms with van der Waals surface area (Å²) in [5.74, 6) is 4.88. The molecular weight excluding hydrogens is 185 g/mol. The maximum Gasteiger partial charge on any atom is 0.0944 e. The minimum atomic E-state index is 0.302. The summed E-state index contributed by atoms with van der Waals surface area (Å²) >= 11 is 11.4. The normalized spacial score (nSPS) is 10.1. The van der Waals surface area contributed by atoms with Crippen molar-refractivity contribution in [1.29, 1.82) is 0 Å². The summed E-state index contributed by atoms with van der Waals surface area (Å²) in [6.45, 7) is 0.302. The fourth-order valence-electron chi connectivity index (χ4n) is 0.729. The molecule has 60 valence electrons. The summed E-state index contributed by atoms with van der Waals surface area (Å²) in [6.07, 6.45) is 0. The van der Waals surface area contributed by atoms with Crippen molar-refractivity contribution < 1.29 is 4.84 Å². The Morgan fingerprint density at radius 3 is 2.64 bits per heavy atom. The molecule has 0 heterocycles. The van der Waals surface area contributed by atoms with Crippen molar-refractivity contribution in [3.05, 3.63) is 33.8 Å². The molecular formula is C7H7Cl2NO. The van der Waals surface area contributed by atoms with Gasteiger partial charge < -0.3 is 0 Å². The van der Waals surface area contributed by atoms with E-state index in [0.29, 0.717) is 16.7 Å². The average molecular weight is 192 g/mol. The monoisotopic (exact) mass is 191 g/mol. The average Bonchev–Trinajstić information content (AvgIpc) is 1.95. The van der Waals surface area contributed by atoms with E-state index in [1.54, 1.807) is 18.2 Å². The van der Waals surface area contributed by atoms with Crippen LogP contribution in [0.25, 0.3) is 0 Å². The van der Waals surface area contributed by atoms with Crippen LogP contribution in [-0.2, 0) is 11.4 Å². The lowest BCUT2D eigenvalue weighted by molar-refractivity contribution is 0.124. The Kier molecular flexibility index (Phi) is 3.15. The zero-order chi connectivity index (χ0) is 8.27. The highest BCUT2D eigenvalue weighted by Gasteiger charge is 1.99. The van der Waals surface area contributed by atoms with Crippen LogP contribution in [-0.4, -0.2) is 0 Å². The molecule has 4 heteroatoms. The second-order valence-electron chi connectivity index (χ2n) is 2.05. The molecule has 11 heavy (non-hydrogen) atoms. The fourth-order valence-corrected chi connectivity index (χ4v) is 1.19.